The zero-order valence-corrected chi connectivity index (χ0v) is 17.9. The first-order chi connectivity index (χ1) is 14.0. The number of aryl methyl sites for hydroxylation is 1. The number of hydrogen-bond donors (Lipinski definition) is 1. The number of halogens is 1. The van der Waals surface area contributed by atoms with Crippen LogP contribution >= 0.6 is 27.7 Å². The highest BCUT2D eigenvalue weighted by atomic mass is 79.9. The first-order valence-corrected chi connectivity index (χ1v) is 10.4. The van der Waals surface area contributed by atoms with E-state index in [0.29, 0.717) is 17.1 Å². The number of imidazole rings is 1. The lowest BCUT2D eigenvalue weighted by molar-refractivity contribution is -0.123. The van der Waals surface area contributed by atoms with Crippen LogP contribution in [0.3, 0.4) is 0 Å². The maximum absolute atomic E-state index is 12.7. The van der Waals surface area contributed by atoms with Gasteiger partial charge in [-0.3, -0.25) is 14.5 Å². The van der Waals surface area contributed by atoms with Gasteiger partial charge >= 0.3 is 0 Å². The highest BCUT2D eigenvalue weighted by Gasteiger charge is 2.27. The number of benzene rings is 2. The fourth-order valence-electron chi connectivity index (χ4n) is 2.89. The molecule has 1 N–H and O–H groups in total. The predicted molar refractivity (Wildman–Crippen MR) is 114 cm³/mol. The molecule has 9 heteroatoms. The van der Waals surface area contributed by atoms with Gasteiger partial charge in [0.2, 0.25) is 5.91 Å². The molecule has 2 aromatic carbocycles. The zero-order valence-electron chi connectivity index (χ0n) is 15.5. The molecule has 29 heavy (non-hydrogen) atoms. The Kier molecular flexibility index (Phi) is 5.59. The number of para-hydroxylation sites is 1. The molecule has 0 fully saturated rings. The van der Waals surface area contributed by atoms with Crippen molar-refractivity contribution in [2.24, 2.45) is 7.05 Å². The van der Waals surface area contributed by atoms with Crippen molar-refractivity contribution in [2.75, 3.05) is 23.4 Å². The van der Waals surface area contributed by atoms with Crippen LogP contribution in [-0.4, -0.2) is 34.5 Å². The quantitative estimate of drug-likeness (QED) is 0.612. The minimum atomic E-state index is -0.290. The Morgan fingerprint density at radius 3 is 2.93 bits per heavy atom. The normalized spacial score (nSPS) is 13.0. The highest BCUT2D eigenvalue weighted by Crippen LogP contribution is 2.35. The van der Waals surface area contributed by atoms with E-state index < -0.39 is 0 Å². The van der Waals surface area contributed by atoms with Crippen molar-refractivity contribution < 1.29 is 14.3 Å². The van der Waals surface area contributed by atoms with Crippen molar-refractivity contribution in [2.45, 2.75) is 10.1 Å². The molecule has 0 unspecified atom stereocenters. The van der Waals surface area contributed by atoms with Crippen LogP contribution in [0.4, 0.5) is 11.4 Å². The summed E-state index contributed by atoms with van der Waals surface area (Å²) < 4.78 is 8.22. The van der Waals surface area contributed by atoms with Crippen LogP contribution < -0.4 is 15.0 Å². The first kappa shape index (κ1) is 19.5. The number of aromatic nitrogens is 2. The average molecular weight is 473 g/mol. The first-order valence-electron chi connectivity index (χ1n) is 8.78. The molecular weight excluding hydrogens is 456 g/mol. The van der Waals surface area contributed by atoms with Crippen LogP contribution in [0.15, 0.2) is 69.4 Å². The average Bonchev–Trinajstić information content (AvgIpc) is 3.10. The van der Waals surface area contributed by atoms with Gasteiger partial charge in [0.05, 0.1) is 11.4 Å². The van der Waals surface area contributed by atoms with Gasteiger partial charge in [-0.05, 0) is 42.1 Å². The topological polar surface area (TPSA) is 76.5 Å². The molecule has 0 saturated carbocycles. The third-order valence-corrected chi connectivity index (χ3v) is 5.95. The number of anilines is 2. The number of amides is 2. The summed E-state index contributed by atoms with van der Waals surface area (Å²) in [6.07, 6.45) is 3.59. The lowest BCUT2D eigenvalue weighted by Crippen LogP contribution is -2.43. The van der Waals surface area contributed by atoms with Gasteiger partial charge < -0.3 is 14.6 Å². The Labute approximate surface area is 180 Å². The summed E-state index contributed by atoms with van der Waals surface area (Å²) in [5.41, 5.74) is 1.25. The number of hydrogen-bond acceptors (Lipinski definition) is 5. The van der Waals surface area contributed by atoms with Crippen LogP contribution in [0.1, 0.15) is 0 Å². The van der Waals surface area contributed by atoms with Gasteiger partial charge in [0.25, 0.3) is 5.91 Å². The molecule has 7 nitrogen and oxygen atoms in total. The molecule has 0 bridgehead atoms. The molecule has 2 amide bonds. The van der Waals surface area contributed by atoms with Crippen LogP contribution in [0.2, 0.25) is 0 Å². The minimum absolute atomic E-state index is 0.0949. The van der Waals surface area contributed by atoms with Gasteiger partial charge in [0.1, 0.15) is 12.3 Å². The molecule has 0 aliphatic carbocycles. The molecule has 1 aliphatic rings. The van der Waals surface area contributed by atoms with E-state index in [1.165, 1.54) is 16.7 Å². The number of rotatable bonds is 5. The lowest BCUT2D eigenvalue weighted by atomic mass is 10.2. The minimum Gasteiger partial charge on any atom is -0.482 e. The Morgan fingerprint density at radius 2 is 2.14 bits per heavy atom. The summed E-state index contributed by atoms with van der Waals surface area (Å²) in [6.45, 7) is -0.194. The molecule has 0 radical (unpaired) electrons. The second kappa shape index (κ2) is 8.30. The number of fused-ring (bicyclic) bond motifs is 1. The number of ether oxygens (including phenoxy) is 1. The maximum atomic E-state index is 12.7. The molecular formula is C20H17BrN4O3S. The van der Waals surface area contributed by atoms with Crippen molar-refractivity contribution in [1.82, 2.24) is 9.55 Å². The van der Waals surface area contributed by atoms with Crippen molar-refractivity contribution in [3.63, 3.8) is 0 Å². The van der Waals surface area contributed by atoms with Gasteiger partial charge in [-0.25, -0.2) is 4.98 Å². The molecule has 0 saturated heterocycles. The second-order valence-corrected chi connectivity index (χ2v) is 8.27. The van der Waals surface area contributed by atoms with Gasteiger partial charge in [-0.1, -0.05) is 28.1 Å². The fourth-order valence-corrected chi connectivity index (χ4v) is 4.12. The Balaban J connectivity index is 1.51. The van der Waals surface area contributed by atoms with Gasteiger partial charge in [-0.15, -0.1) is 0 Å². The van der Waals surface area contributed by atoms with E-state index in [9.17, 15) is 9.59 Å². The summed E-state index contributed by atoms with van der Waals surface area (Å²) in [4.78, 5) is 31.7. The Morgan fingerprint density at radius 1 is 1.31 bits per heavy atom. The monoisotopic (exact) mass is 472 g/mol. The molecule has 1 aliphatic heterocycles. The number of carbonyl (C=O) groups excluding carboxylic acids is 2. The zero-order chi connectivity index (χ0) is 20.4. The van der Waals surface area contributed by atoms with Crippen molar-refractivity contribution >= 4 is 50.9 Å². The van der Waals surface area contributed by atoms with E-state index in [2.05, 4.69) is 26.2 Å². The number of nitrogens with one attached hydrogen (secondary N) is 1. The largest absolute Gasteiger partial charge is 0.482 e. The summed E-state index contributed by atoms with van der Waals surface area (Å²) in [6, 6.07) is 12.9. The summed E-state index contributed by atoms with van der Waals surface area (Å²) in [7, 11) is 1.91. The van der Waals surface area contributed by atoms with E-state index in [4.69, 9.17) is 4.74 Å². The highest BCUT2D eigenvalue weighted by molar-refractivity contribution is 9.10. The molecule has 0 spiro atoms. The molecule has 4 rings (SSSR count). The van der Waals surface area contributed by atoms with E-state index in [1.54, 1.807) is 18.3 Å². The van der Waals surface area contributed by atoms with Crippen molar-refractivity contribution in [3.05, 3.63) is 59.3 Å². The van der Waals surface area contributed by atoms with Crippen LogP contribution in [-0.2, 0) is 16.6 Å². The molecule has 1 aromatic heterocycles. The third-order valence-electron chi connectivity index (χ3n) is 4.31. The second-order valence-electron chi connectivity index (χ2n) is 6.35. The van der Waals surface area contributed by atoms with Gasteiger partial charge in [0.15, 0.2) is 11.8 Å². The summed E-state index contributed by atoms with van der Waals surface area (Å²) in [5.74, 6) is 0.0187. The fraction of sp³-hybridized carbons (Fsp3) is 0.150. The van der Waals surface area contributed by atoms with Crippen molar-refractivity contribution in [1.29, 1.82) is 0 Å². The Hall–Kier alpha value is -2.78. The smallest absolute Gasteiger partial charge is 0.265 e. The number of nitrogens with zero attached hydrogens (tertiary/aromatic N) is 3. The van der Waals surface area contributed by atoms with Crippen LogP contribution in [0.25, 0.3) is 0 Å². The summed E-state index contributed by atoms with van der Waals surface area (Å²) in [5, 5.41) is 3.73. The van der Waals surface area contributed by atoms with E-state index >= 15 is 0 Å². The number of carbonyl (C=O) groups is 2. The lowest BCUT2D eigenvalue weighted by Gasteiger charge is -2.29. The van der Waals surface area contributed by atoms with E-state index in [0.717, 1.165) is 14.5 Å². The standard InChI is InChI=1S/C20H17BrN4O3S/c1-24-9-8-22-20(24)29-17-5-3-2-4-14(17)23-18(26)11-25-15-7-6-13(21)10-16(15)28-12-19(25)27/h2-10H,11-12H2,1H3,(H,23,26). The summed E-state index contributed by atoms with van der Waals surface area (Å²) >= 11 is 4.84. The predicted octanol–water partition coefficient (Wildman–Crippen LogP) is 3.70. The SMILES string of the molecule is Cn1ccnc1Sc1ccccc1NC(=O)CN1C(=O)COc2cc(Br)ccc21. The molecule has 3 aromatic rings. The van der Waals surface area contributed by atoms with Crippen LogP contribution in [0, 0.1) is 0 Å². The third kappa shape index (κ3) is 4.30. The van der Waals surface area contributed by atoms with Crippen LogP contribution in [0.5, 0.6) is 5.75 Å². The van der Waals surface area contributed by atoms with Crippen molar-refractivity contribution in [3.8, 4) is 5.75 Å². The molecule has 148 valence electrons. The van der Waals surface area contributed by atoms with Gasteiger partial charge in [-0.2, -0.15) is 0 Å². The van der Waals surface area contributed by atoms with E-state index in [-0.39, 0.29) is 25.0 Å². The molecule has 2 heterocycles. The molecule has 0 atom stereocenters. The maximum Gasteiger partial charge on any atom is 0.265 e. The van der Waals surface area contributed by atoms with Gasteiger partial charge in [0, 0.05) is 28.8 Å². The Bertz CT molecular complexity index is 1090. The van der Waals surface area contributed by atoms with E-state index in [1.807, 2.05) is 48.1 Å².